The lowest BCUT2D eigenvalue weighted by molar-refractivity contribution is -0.127. The highest BCUT2D eigenvalue weighted by Crippen LogP contribution is 2.28. The van der Waals surface area contributed by atoms with Crippen molar-refractivity contribution >= 4 is 28.3 Å². The molecule has 3 aromatic rings. The lowest BCUT2D eigenvalue weighted by atomic mass is 9.95. The summed E-state index contributed by atoms with van der Waals surface area (Å²) in [5.41, 5.74) is 1.81. The molecule has 1 heterocycles. The van der Waals surface area contributed by atoms with Crippen molar-refractivity contribution in [3.63, 3.8) is 0 Å². The molecule has 0 aliphatic carbocycles. The number of methoxy groups -OCH3 is 1. The predicted molar refractivity (Wildman–Crippen MR) is 118 cm³/mol. The van der Waals surface area contributed by atoms with Crippen molar-refractivity contribution in [1.82, 2.24) is 15.5 Å². The fourth-order valence-corrected chi connectivity index (χ4v) is 3.73. The highest BCUT2D eigenvalue weighted by Gasteiger charge is 2.23. The molecule has 156 valence electrons. The Morgan fingerprint density at radius 3 is 2.37 bits per heavy atom. The first-order valence-electron chi connectivity index (χ1n) is 9.66. The summed E-state index contributed by atoms with van der Waals surface area (Å²) in [5, 5.41) is 14.7. The maximum Gasteiger partial charge on any atom is 0.248 e. The van der Waals surface area contributed by atoms with Gasteiger partial charge in [0.2, 0.25) is 16.9 Å². The Morgan fingerprint density at radius 2 is 1.73 bits per heavy atom. The van der Waals surface area contributed by atoms with Gasteiger partial charge in [-0.15, -0.1) is 10.2 Å². The number of amides is 2. The number of ether oxygens (including phenoxy) is 1. The Hall–Kier alpha value is -3.26. The zero-order chi connectivity index (χ0) is 21.5. The lowest BCUT2D eigenvalue weighted by Gasteiger charge is -2.19. The quantitative estimate of drug-likeness (QED) is 0.573. The van der Waals surface area contributed by atoms with Crippen LogP contribution >= 0.6 is 11.3 Å². The van der Waals surface area contributed by atoms with Crippen LogP contribution in [0.1, 0.15) is 31.7 Å². The number of anilines is 1. The van der Waals surface area contributed by atoms with E-state index in [1.54, 1.807) is 14.0 Å². The van der Waals surface area contributed by atoms with Gasteiger partial charge in [-0.25, -0.2) is 0 Å². The number of rotatable bonds is 8. The molecule has 2 atom stereocenters. The minimum Gasteiger partial charge on any atom is -0.497 e. The minimum absolute atomic E-state index is 0.178. The summed E-state index contributed by atoms with van der Waals surface area (Å²) < 4.78 is 5.15. The van der Waals surface area contributed by atoms with Crippen LogP contribution in [0.5, 0.6) is 5.75 Å². The van der Waals surface area contributed by atoms with Crippen molar-refractivity contribution in [2.75, 3.05) is 12.4 Å². The van der Waals surface area contributed by atoms with Crippen LogP contribution in [0.15, 0.2) is 54.6 Å². The van der Waals surface area contributed by atoms with Gasteiger partial charge in [-0.05, 0) is 43.2 Å². The van der Waals surface area contributed by atoms with E-state index in [4.69, 9.17) is 4.74 Å². The molecule has 7 nitrogen and oxygen atoms in total. The van der Waals surface area contributed by atoms with E-state index in [0.29, 0.717) is 16.6 Å². The summed E-state index contributed by atoms with van der Waals surface area (Å²) in [7, 11) is 1.61. The van der Waals surface area contributed by atoms with Crippen LogP contribution in [0.2, 0.25) is 0 Å². The third kappa shape index (κ3) is 5.21. The average molecular weight is 425 g/mol. The van der Waals surface area contributed by atoms with Gasteiger partial charge in [0.25, 0.3) is 0 Å². The number of nitrogens with zero attached hydrogens (tertiary/aromatic N) is 2. The van der Waals surface area contributed by atoms with Gasteiger partial charge in [0, 0.05) is 5.56 Å². The molecule has 2 amide bonds. The third-order valence-electron chi connectivity index (χ3n) is 4.67. The summed E-state index contributed by atoms with van der Waals surface area (Å²) in [5.74, 6) is -0.0712. The molecular weight excluding hydrogens is 400 g/mol. The molecule has 2 N–H and O–H groups in total. The van der Waals surface area contributed by atoms with E-state index in [2.05, 4.69) is 20.8 Å². The standard InChI is InChI=1S/C22H24N4O3S/c1-4-18(15-8-6-5-7-9-15)20(28)23-14(2)19(27)24-22-26-25-21(30-22)16-10-12-17(29-3)13-11-16/h5-14,18H,4H2,1-3H3,(H,23,28)(H,24,26,27)/t14-,18-/m0/s1. The van der Waals surface area contributed by atoms with Gasteiger partial charge in [-0.1, -0.05) is 48.6 Å². The molecule has 0 aliphatic heterocycles. The molecule has 0 saturated heterocycles. The Morgan fingerprint density at radius 1 is 1.03 bits per heavy atom. The van der Waals surface area contributed by atoms with E-state index in [1.807, 2.05) is 61.5 Å². The Kier molecular flexibility index (Phi) is 7.13. The molecule has 8 heteroatoms. The molecule has 0 radical (unpaired) electrons. The monoisotopic (exact) mass is 424 g/mol. The summed E-state index contributed by atoms with van der Waals surface area (Å²) in [6.45, 7) is 3.60. The molecule has 2 aromatic carbocycles. The second-order valence-corrected chi connectivity index (χ2v) is 7.71. The molecule has 0 unspecified atom stereocenters. The van der Waals surface area contributed by atoms with Gasteiger partial charge >= 0.3 is 0 Å². The number of carbonyl (C=O) groups is 2. The topological polar surface area (TPSA) is 93.2 Å². The predicted octanol–water partition coefficient (Wildman–Crippen LogP) is 3.85. The Balaban J connectivity index is 1.60. The molecule has 0 spiro atoms. The molecule has 30 heavy (non-hydrogen) atoms. The van der Waals surface area contributed by atoms with Gasteiger partial charge in [-0.2, -0.15) is 0 Å². The first-order chi connectivity index (χ1) is 14.5. The zero-order valence-electron chi connectivity index (χ0n) is 17.1. The van der Waals surface area contributed by atoms with Crippen LogP contribution in [0, 0.1) is 0 Å². The first-order valence-corrected chi connectivity index (χ1v) is 10.5. The van der Waals surface area contributed by atoms with Gasteiger partial charge in [0.1, 0.15) is 16.8 Å². The lowest BCUT2D eigenvalue weighted by Crippen LogP contribution is -2.43. The van der Waals surface area contributed by atoms with Crippen molar-refractivity contribution < 1.29 is 14.3 Å². The van der Waals surface area contributed by atoms with E-state index in [9.17, 15) is 9.59 Å². The summed E-state index contributed by atoms with van der Waals surface area (Å²) in [6, 6.07) is 16.3. The number of hydrogen-bond acceptors (Lipinski definition) is 6. The van der Waals surface area contributed by atoms with E-state index < -0.39 is 6.04 Å². The normalized spacial score (nSPS) is 12.6. The molecule has 0 saturated carbocycles. The third-order valence-corrected chi connectivity index (χ3v) is 5.56. The van der Waals surface area contributed by atoms with Crippen molar-refractivity contribution in [2.24, 2.45) is 0 Å². The SMILES string of the molecule is CC[C@H](C(=O)N[C@@H](C)C(=O)Nc1nnc(-c2ccc(OC)cc2)s1)c1ccccc1. The van der Waals surface area contributed by atoms with Gasteiger partial charge in [0.15, 0.2) is 0 Å². The van der Waals surface area contributed by atoms with Crippen LogP contribution in [0.4, 0.5) is 5.13 Å². The maximum absolute atomic E-state index is 12.7. The second-order valence-electron chi connectivity index (χ2n) is 6.73. The number of nitrogens with one attached hydrogen (secondary N) is 2. The molecule has 3 rings (SSSR count). The van der Waals surface area contributed by atoms with Crippen molar-refractivity contribution in [1.29, 1.82) is 0 Å². The summed E-state index contributed by atoms with van der Waals surface area (Å²) >= 11 is 1.26. The number of aromatic nitrogens is 2. The fraction of sp³-hybridized carbons (Fsp3) is 0.273. The second kappa shape index (κ2) is 9.98. The molecule has 0 fully saturated rings. The van der Waals surface area contributed by atoms with Crippen LogP contribution in [-0.2, 0) is 9.59 Å². The van der Waals surface area contributed by atoms with Gasteiger partial charge in [-0.3, -0.25) is 14.9 Å². The van der Waals surface area contributed by atoms with Crippen molar-refractivity contribution in [2.45, 2.75) is 32.2 Å². The Labute approximate surface area is 179 Å². The molecule has 0 aliphatic rings. The number of hydrogen-bond donors (Lipinski definition) is 2. The highest BCUT2D eigenvalue weighted by atomic mass is 32.1. The molecule has 0 bridgehead atoms. The van der Waals surface area contributed by atoms with Crippen molar-refractivity contribution in [3.05, 3.63) is 60.2 Å². The fourth-order valence-electron chi connectivity index (χ4n) is 2.97. The largest absolute Gasteiger partial charge is 0.497 e. The minimum atomic E-state index is -0.705. The smallest absolute Gasteiger partial charge is 0.248 e. The number of benzene rings is 2. The first kappa shape index (κ1) is 21.4. The van der Waals surface area contributed by atoms with Gasteiger partial charge < -0.3 is 10.1 Å². The van der Waals surface area contributed by atoms with E-state index in [0.717, 1.165) is 16.9 Å². The molecule has 1 aromatic heterocycles. The molecular formula is C22H24N4O3S. The maximum atomic E-state index is 12.7. The summed E-state index contributed by atoms with van der Waals surface area (Å²) in [6.07, 6.45) is 0.645. The van der Waals surface area contributed by atoms with Crippen LogP contribution in [0.3, 0.4) is 0 Å². The Bertz CT molecular complexity index is 989. The van der Waals surface area contributed by atoms with E-state index in [1.165, 1.54) is 11.3 Å². The number of carbonyl (C=O) groups excluding carboxylic acids is 2. The van der Waals surface area contributed by atoms with E-state index >= 15 is 0 Å². The zero-order valence-corrected chi connectivity index (χ0v) is 17.9. The van der Waals surface area contributed by atoms with Gasteiger partial charge in [0.05, 0.1) is 13.0 Å². The van der Waals surface area contributed by atoms with Crippen LogP contribution < -0.4 is 15.4 Å². The van der Waals surface area contributed by atoms with Crippen molar-refractivity contribution in [3.8, 4) is 16.3 Å². The summed E-state index contributed by atoms with van der Waals surface area (Å²) in [4.78, 5) is 25.2. The van der Waals surface area contributed by atoms with Crippen LogP contribution in [0.25, 0.3) is 10.6 Å². The van der Waals surface area contributed by atoms with Crippen LogP contribution in [-0.4, -0.2) is 35.2 Å². The highest BCUT2D eigenvalue weighted by molar-refractivity contribution is 7.18. The van der Waals surface area contributed by atoms with E-state index in [-0.39, 0.29) is 17.7 Å². The average Bonchev–Trinajstić information content (AvgIpc) is 3.23.